The Hall–Kier alpha value is -3.20. The summed E-state index contributed by atoms with van der Waals surface area (Å²) in [4.78, 5) is 37.1. The molecule has 0 fully saturated rings. The molecule has 0 aliphatic rings. The lowest BCUT2D eigenvalue weighted by molar-refractivity contribution is -0.160. The average molecular weight is 465 g/mol. The van der Waals surface area contributed by atoms with Gasteiger partial charge in [-0.15, -0.1) is 0 Å². The number of rotatable bonds is 8. The monoisotopic (exact) mass is 465 g/mol. The first kappa shape index (κ1) is 26.1. The summed E-state index contributed by atoms with van der Waals surface area (Å²) in [5.41, 5.74) is -3.09. The Morgan fingerprint density at radius 3 is 2.09 bits per heavy atom. The maximum atomic E-state index is 14.0. The fourth-order valence-corrected chi connectivity index (χ4v) is 2.83. The molecule has 2 aromatic rings. The van der Waals surface area contributed by atoms with Crippen molar-refractivity contribution in [2.45, 2.75) is 45.8 Å². The Morgan fingerprint density at radius 1 is 1.00 bits per heavy atom. The van der Waals surface area contributed by atoms with Gasteiger partial charge in [-0.05, 0) is 51.5 Å². The summed E-state index contributed by atoms with van der Waals surface area (Å²) in [6, 6.07) is 9.54. The molecular weight excluding hydrogens is 439 g/mol. The maximum absolute atomic E-state index is 14.0. The van der Waals surface area contributed by atoms with Crippen molar-refractivity contribution in [3.63, 3.8) is 0 Å². The van der Waals surface area contributed by atoms with Gasteiger partial charge in [-0.1, -0.05) is 30.3 Å². The molecule has 0 saturated heterocycles. The number of ether oxygens (including phenoxy) is 1. The van der Waals surface area contributed by atoms with Crippen LogP contribution < -0.4 is 5.32 Å². The number of hydrogen-bond donors (Lipinski definition) is 2. The largest absolute Gasteiger partial charge is 0.457 e. The highest BCUT2D eigenvalue weighted by Gasteiger charge is 2.46. The Bertz CT molecular complexity index is 1010. The van der Waals surface area contributed by atoms with E-state index in [9.17, 15) is 32.7 Å². The molecule has 6 nitrogen and oxygen atoms in total. The fourth-order valence-electron chi connectivity index (χ4n) is 2.83. The topological polar surface area (TPSA) is 92.7 Å². The minimum Gasteiger partial charge on any atom is -0.457 e. The lowest BCUT2D eigenvalue weighted by Gasteiger charge is -2.31. The summed E-state index contributed by atoms with van der Waals surface area (Å²) < 4.78 is 45.7. The van der Waals surface area contributed by atoms with Crippen molar-refractivity contribution < 1.29 is 37.4 Å². The third-order valence-electron chi connectivity index (χ3n) is 4.91. The van der Waals surface area contributed by atoms with Crippen LogP contribution in [-0.2, 0) is 14.3 Å². The molecule has 33 heavy (non-hydrogen) atoms. The highest BCUT2D eigenvalue weighted by Crippen LogP contribution is 2.24. The van der Waals surface area contributed by atoms with Crippen LogP contribution in [0.2, 0.25) is 0 Å². The second-order valence-corrected chi connectivity index (χ2v) is 8.78. The van der Waals surface area contributed by atoms with Crippen LogP contribution in [0.4, 0.5) is 13.2 Å². The Morgan fingerprint density at radius 2 is 1.58 bits per heavy atom. The number of aliphatic hydroxyl groups is 1. The first-order valence-electron chi connectivity index (χ1n) is 10.1. The first-order valence-corrected chi connectivity index (χ1v) is 10.1. The molecule has 2 N–H and O–H groups in total. The molecule has 0 spiro atoms. The first-order chi connectivity index (χ1) is 15.2. The van der Waals surface area contributed by atoms with E-state index in [1.165, 1.54) is 36.4 Å². The van der Waals surface area contributed by atoms with Crippen LogP contribution in [0.25, 0.3) is 11.1 Å². The number of Topliss-reactive ketones (excluding diaryl/α,β-unsaturated/α-hetero) is 1. The normalized spacial score (nSPS) is 14.3. The van der Waals surface area contributed by atoms with Crippen molar-refractivity contribution in [1.82, 2.24) is 5.32 Å². The molecule has 2 aromatic carbocycles. The zero-order valence-electron chi connectivity index (χ0n) is 18.7. The van der Waals surface area contributed by atoms with Gasteiger partial charge in [-0.25, -0.2) is 13.2 Å². The van der Waals surface area contributed by atoms with Gasteiger partial charge in [0.2, 0.25) is 0 Å². The molecule has 2 atom stereocenters. The van der Waals surface area contributed by atoms with Gasteiger partial charge in [0, 0.05) is 11.1 Å². The number of alkyl halides is 2. The number of carbonyl (C=O) groups excluding carboxylic acids is 3. The Balaban J connectivity index is 2.21. The van der Waals surface area contributed by atoms with E-state index in [-0.39, 0.29) is 5.56 Å². The van der Waals surface area contributed by atoms with Gasteiger partial charge < -0.3 is 15.2 Å². The van der Waals surface area contributed by atoms with E-state index in [0.29, 0.717) is 18.1 Å². The molecule has 1 amide bonds. The van der Waals surface area contributed by atoms with E-state index in [0.717, 1.165) is 0 Å². The van der Waals surface area contributed by atoms with E-state index >= 15 is 0 Å². The number of carbonyl (C=O) groups is 3. The average Bonchev–Trinajstić information content (AvgIpc) is 2.75. The van der Waals surface area contributed by atoms with Crippen molar-refractivity contribution in [2.75, 3.05) is 6.61 Å². The number of halogens is 3. The fraction of sp³-hybridized carbons (Fsp3) is 0.375. The van der Waals surface area contributed by atoms with Gasteiger partial charge in [0.15, 0.2) is 12.4 Å². The van der Waals surface area contributed by atoms with Crippen molar-refractivity contribution in [3.05, 3.63) is 59.9 Å². The highest BCUT2D eigenvalue weighted by atomic mass is 19.3. The van der Waals surface area contributed by atoms with E-state index in [4.69, 9.17) is 4.74 Å². The number of esters is 1. The molecule has 178 valence electrons. The molecule has 0 unspecified atom stereocenters. The summed E-state index contributed by atoms with van der Waals surface area (Å²) in [7, 11) is 0. The van der Waals surface area contributed by atoms with Crippen LogP contribution in [0.3, 0.4) is 0 Å². The molecule has 2 rings (SSSR count). The summed E-state index contributed by atoms with van der Waals surface area (Å²) in [5.74, 6) is -3.23. The summed E-state index contributed by atoms with van der Waals surface area (Å²) in [6.07, 6.45) is -3.38. The van der Waals surface area contributed by atoms with Crippen LogP contribution in [0, 0.1) is 11.2 Å². The standard InChI is InChI=1S/C24H26F3NO5/c1-23(2,3)22(31)33-13-18(29)19(24(4,32)21(26)27)28-20(30)15-11-9-14(10-12-15)16-7-5-6-8-17(16)25/h5-12,19,21,32H,13H2,1-4H3,(H,28,30)/t19-,24+/m1/s1. The molecule has 0 aromatic heterocycles. The molecule has 9 heteroatoms. The predicted octanol–water partition coefficient (Wildman–Crippen LogP) is 3.77. The minimum atomic E-state index is -3.38. The van der Waals surface area contributed by atoms with Gasteiger partial charge in [-0.2, -0.15) is 0 Å². The summed E-state index contributed by atoms with van der Waals surface area (Å²) >= 11 is 0. The Kier molecular flexibility index (Phi) is 8.02. The maximum Gasteiger partial charge on any atom is 0.311 e. The SMILES string of the molecule is CC(C)(C)C(=O)OCC(=O)[C@@H](NC(=O)c1ccc(-c2ccccc2F)cc1)[C@](C)(O)C(F)F. The minimum absolute atomic E-state index is 0.00959. The smallest absolute Gasteiger partial charge is 0.311 e. The highest BCUT2D eigenvalue weighted by molar-refractivity contribution is 5.99. The lowest BCUT2D eigenvalue weighted by Crippen LogP contribution is -2.60. The molecule has 0 heterocycles. The van der Waals surface area contributed by atoms with Crippen LogP contribution in [0.5, 0.6) is 0 Å². The zero-order valence-corrected chi connectivity index (χ0v) is 18.7. The van der Waals surface area contributed by atoms with E-state index in [1.54, 1.807) is 32.9 Å². The Labute approximate surface area is 189 Å². The van der Waals surface area contributed by atoms with Crippen LogP contribution in [-0.4, -0.2) is 47.4 Å². The van der Waals surface area contributed by atoms with E-state index in [1.807, 2.05) is 0 Å². The number of benzene rings is 2. The molecule has 0 aliphatic heterocycles. The van der Waals surface area contributed by atoms with E-state index in [2.05, 4.69) is 5.32 Å². The second kappa shape index (κ2) is 10.2. The summed E-state index contributed by atoms with van der Waals surface area (Å²) in [6.45, 7) is 4.42. The third kappa shape index (κ3) is 6.41. The van der Waals surface area contributed by atoms with Gasteiger partial charge in [0.25, 0.3) is 12.3 Å². The quantitative estimate of drug-likeness (QED) is 0.579. The van der Waals surface area contributed by atoms with Gasteiger partial charge in [0.05, 0.1) is 5.41 Å². The number of hydrogen-bond acceptors (Lipinski definition) is 5. The number of amides is 1. The predicted molar refractivity (Wildman–Crippen MR) is 115 cm³/mol. The molecule has 0 saturated carbocycles. The van der Waals surface area contributed by atoms with Crippen molar-refractivity contribution >= 4 is 17.7 Å². The van der Waals surface area contributed by atoms with Gasteiger partial charge >= 0.3 is 5.97 Å². The van der Waals surface area contributed by atoms with Gasteiger partial charge in [-0.3, -0.25) is 14.4 Å². The van der Waals surface area contributed by atoms with Crippen LogP contribution in [0.15, 0.2) is 48.5 Å². The van der Waals surface area contributed by atoms with Crippen molar-refractivity contribution in [1.29, 1.82) is 0 Å². The lowest BCUT2D eigenvalue weighted by atomic mass is 9.92. The molecule has 0 bridgehead atoms. The summed E-state index contributed by atoms with van der Waals surface area (Å²) in [5, 5.41) is 12.3. The van der Waals surface area contributed by atoms with Crippen LogP contribution in [0.1, 0.15) is 38.1 Å². The second-order valence-electron chi connectivity index (χ2n) is 8.78. The molecule has 0 radical (unpaired) electrons. The van der Waals surface area contributed by atoms with Gasteiger partial charge in [0.1, 0.15) is 17.5 Å². The third-order valence-corrected chi connectivity index (χ3v) is 4.91. The number of nitrogens with one attached hydrogen (secondary N) is 1. The van der Waals surface area contributed by atoms with Crippen molar-refractivity contribution in [3.8, 4) is 11.1 Å². The number of ketones is 1. The zero-order chi connectivity index (χ0) is 25.0. The van der Waals surface area contributed by atoms with Crippen LogP contribution >= 0.6 is 0 Å². The molecular formula is C24H26F3NO5. The van der Waals surface area contributed by atoms with E-state index < -0.39 is 53.6 Å². The molecule has 0 aliphatic carbocycles. The van der Waals surface area contributed by atoms with Crippen molar-refractivity contribution in [2.24, 2.45) is 5.41 Å².